The molecule has 0 unspecified atom stereocenters. The van der Waals surface area contributed by atoms with Crippen molar-refractivity contribution in [3.8, 4) is 5.69 Å². The Bertz CT molecular complexity index is 1260. The lowest BCUT2D eigenvalue weighted by Crippen LogP contribution is -2.12. The van der Waals surface area contributed by atoms with Gasteiger partial charge >= 0.3 is 11.9 Å². The molecule has 10 nitrogen and oxygen atoms in total. The van der Waals surface area contributed by atoms with Gasteiger partial charge in [0.25, 0.3) is 0 Å². The van der Waals surface area contributed by atoms with E-state index in [-0.39, 0.29) is 9.92 Å². The van der Waals surface area contributed by atoms with E-state index in [1.807, 2.05) is 0 Å². The summed E-state index contributed by atoms with van der Waals surface area (Å²) in [6.07, 6.45) is 3.90. The number of hydrogen-bond donors (Lipinski definition) is 3. The molecule has 3 aromatic rings. The molecule has 0 spiro atoms. The minimum atomic E-state index is -3.86. The second kappa shape index (κ2) is 11.1. The first-order valence-corrected chi connectivity index (χ1v) is 10.8. The van der Waals surface area contributed by atoms with Crippen molar-refractivity contribution in [2.75, 3.05) is 7.05 Å². The molecule has 3 rings (SSSR count). The summed E-state index contributed by atoms with van der Waals surface area (Å²) >= 11 is 0. The van der Waals surface area contributed by atoms with Crippen molar-refractivity contribution >= 4 is 21.8 Å². The Morgan fingerprint density at radius 3 is 2.36 bits per heavy atom. The number of rotatable bonds is 7. The second-order valence-corrected chi connectivity index (χ2v) is 8.40. The summed E-state index contributed by atoms with van der Waals surface area (Å²) in [5.74, 6) is -2.94. The Morgan fingerprint density at radius 2 is 1.82 bits per heavy atom. The third kappa shape index (κ3) is 6.54. The summed E-state index contributed by atoms with van der Waals surface area (Å²) in [5, 5.41) is 22.9. The largest absolute Gasteiger partial charge is 0.478 e. The van der Waals surface area contributed by atoms with Crippen molar-refractivity contribution in [2.45, 2.75) is 23.4 Å². The number of halogens is 1. The Labute approximate surface area is 188 Å². The second-order valence-electron chi connectivity index (χ2n) is 6.50. The van der Waals surface area contributed by atoms with Crippen molar-refractivity contribution in [3.05, 3.63) is 78.0 Å². The average Bonchev–Trinajstić information content (AvgIpc) is 3.20. The first-order chi connectivity index (χ1) is 15.6. The van der Waals surface area contributed by atoms with Gasteiger partial charge in [0, 0.05) is 42.7 Å². The molecule has 0 saturated carbocycles. The van der Waals surface area contributed by atoms with Gasteiger partial charge in [0.1, 0.15) is 5.82 Å². The highest BCUT2D eigenvalue weighted by Crippen LogP contribution is 2.26. The number of nitrogens with zero attached hydrogens (tertiary/aromatic N) is 3. The third-order valence-corrected chi connectivity index (χ3v) is 5.84. The summed E-state index contributed by atoms with van der Waals surface area (Å²) in [6, 6.07) is 9.00. The van der Waals surface area contributed by atoms with Gasteiger partial charge in [0.15, 0.2) is 5.03 Å². The van der Waals surface area contributed by atoms with Gasteiger partial charge in [0.2, 0.25) is 9.84 Å². The van der Waals surface area contributed by atoms with Crippen LogP contribution >= 0.6 is 0 Å². The number of pyridine rings is 1. The van der Waals surface area contributed by atoms with Crippen LogP contribution in [0.4, 0.5) is 4.39 Å². The van der Waals surface area contributed by atoms with Crippen LogP contribution in [0.2, 0.25) is 0 Å². The zero-order valence-corrected chi connectivity index (χ0v) is 18.5. The van der Waals surface area contributed by atoms with E-state index in [1.54, 1.807) is 26.1 Å². The van der Waals surface area contributed by atoms with Gasteiger partial charge in [-0.05, 0) is 38.2 Å². The monoisotopic (exact) mass is 476 g/mol. The highest BCUT2D eigenvalue weighted by Gasteiger charge is 2.26. The molecule has 2 aromatic heterocycles. The number of aliphatic carboxylic acids is 2. The molecule has 33 heavy (non-hydrogen) atoms. The van der Waals surface area contributed by atoms with Crippen molar-refractivity contribution in [1.29, 1.82) is 0 Å². The van der Waals surface area contributed by atoms with Crippen LogP contribution in [0, 0.1) is 12.7 Å². The molecule has 3 N–H and O–H groups in total. The molecule has 174 valence electrons. The maximum absolute atomic E-state index is 14.0. The maximum atomic E-state index is 14.0. The fraction of sp³-hybridized carbons (Fsp3) is 0.143. The lowest BCUT2D eigenvalue weighted by Gasteiger charge is -2.11. The van der Waals surface area contributed by atoms with E-state index < -0.39 is 27.6 Å². The number of carboxylic acid groups (broad SMARTS) is 2. The molecule has 0 aliphatic rings. The molecule has 1 aromatic carbocycles. The molecule has 0 fully saturated rings. The third-order valence-electron chi connectivity index (χ3n) is 4.14. The summed E-state index contributed by atoms with van der Waals surface area (Å²) in [4.78, 5) is 23.0. The van der Waals surface area contributed by atoms with Crippen LogP contribution in [0.3, 0.4) is 0 Å². The van der Waals surface area contributed by atoms with E-state index >= 15 is 0 Å². The Morgan fingerprint density at radius 1 is 1.15 bits per heavy atom. The normalized spacial score (nSPS) is 11.1. The molecular weight excluding hydrogens is 455 g/mol. The minimum Gasteiger partial charge on any atom is -0.478 e. The summed E-state index contributed by atoms with van der Waals surface area (Å²) in [7, 11) is -2.12. The highest BCUT2D eigenvalue weighted by molar-refractivity contribution is 7.91. The molecule has 0 radical (unpaired) electrons. The minimum absolute atomic E-state index is 0.0283. The Hall–Kier alpha value is -3.90. The van der Waals surface area contributed by atoms with Crippen molar-refractivity contribution < 1.29 is 32.6 Å². The molecule has 0 aliphatic heterocycles. The van der Waals surface area contributed by atoms with E-state index in [0.717, 1.165) is 0 Å². The smallest absolute Gasteiger partial charge is 0.328 e. The van der Waals surface area contributed by atoms with Gasteiger partial charge in [-0.25, -0.2) is 27.1 Å². The van der Waals surface area contributed by atoms with Gasteiger partial charge in [0.05, 0.1) is 16.3 Å². The summed E-state index contributed by atoms with van der Waals surface area (Å²) in [6.45, 7) is 1.97. The number of sulfone groups is 1. The van der Waals surface area contributed by atoms with Crippen LogP contribution in [0.25, 0.3) is 5.69 Å². The van der Waals surface area contributed by atoms with Gasteiger partial charge in [-0.3, -0.25) is 4.98 Å². The molecule has 12 heteroatoms. The first-order valence-electron chi connectivity index (χ1n) is 9.36. The van der Waals surface area contributed by atoms with E-state index in [2.05, 4.69) is 15.4 Å². The standard InChI is InChI=1S/C17H17FN4O2S.C4H4O4/c1-12-15(18)6-3-7-16(12)22-17(9-13(21-22)10-19-2)25(23,24)14-5-4-8-20-11-14;5-3(6)1-2-4(7)8/h3-9,11,19H,10H2,1-2H3;1-2H,(H,5,6)(H,7,8)/b;2-1+. The lowest BCUT2D eigenvalue weighted by molar-refractivity contribution is -0.134. The molecule has 0 atom stereocenters. The van der Waals surface area contributed by atoms with E-state index in [1.165, 1.54) is 41.3 Å². The predicted molar refractivity (Wildman–Crippen MR) is 115 cm³/mol. The number of aromatic nitrogens is 3. The molecular formula is C21H21FN4O6S. The van der Waals surface area contributed by atoms with Crippen LogP contribution in [0.5, 0.6) is 0 Å². The average molecular weight is 476 g/mol. The van der Waals surface area contributed by atoms with Crippen LogP contribution in [-0.2, 0) is 26.0 Å². The number of nitrogens with one attached hydrogen (secondary N) is 1. The van der Waals surface area contributed by atoms with Crippen LogP contribution in [-0.4, -0.2) is 52.4 Å². The van der Waals surface area contributed by atoms with Crippen LogP contribution in [0.1, 0.15) is 11.3 Å². The summed E-state index contributed by atoms with van der Waals surface area (Å²) in [5.41, 5.74) is 1.24. The predicted octanol–water partition coefficient (Wildman–Crippen LogP) is 1.98. The van der Waals surface area contributed by atoms with Gasteiger partial charge in [-0.1, -0.05) is 6.07 Å². The molecule has 2 heterocycles. The maximum Gasteiger partial charge on any atom is 0.328 e. The molecule has 0 bridgehead atoms. The molecule has 0 amide bonds. The highest BCUT2D eigenvalue weighted by atomic mass is 32.2. The van der Waals surface area contributed by atoms with Crippen molar-refractivity contribution in [1.82, 2.24) is 20.1 Å². The fourth-order valence-electron chi connectivity index (χ4n) is 2.64. The van der Waals surface area contributed by atoms with Gasteiger partial charge in [-0.2, -0.15) is 5.10 Å². The Balaban J connectivity index is 0.000000414. The fourth-order valence-corrected chi connectivity index (χ4v) is 3.99. The van der Waals surface area contributed by atoms with E-state index in [0.29, 0.717) is 35.6 Å². The van der Waals surface area contributed by atoms with E-state index in [9.17, 15) is 22.4 Å². The SMILES string of the molecule is CNCc1cc(S(=O)(=O)c2cccnc2)n(-c2cccc(F)c2C)n1.O=C(O)/C=C/C(=O)O. The van der Waals surface area contributed by atoms with Crippen LogP contribution in [0.15, 0.2) is 70.9 Å². The van der Waals surface area contributed by atoms with Gasteiger partial charge in [-0.15, -0.1) is 0 Å². The lowest BCUT2D eigenvalue weighted by atomic mass is 10.2. The Kier molecular flexibility index (Phi) is 8.54. The van der Waals surface area contributed by atoms with Crippen LogP contribution < -0.4 is 5.32 Å². The molecule has 0 aliphatic carbocycles. The number of carbonyl (C=O) groups is 2. The van der Waals surface area contributed by atoms with Crippen molar-refractivity contribution in [3.63, 3.8) is 0 Å². The quantitative estimate of drug-likeness (QED) is 0.435. The summed E-state index contributed by atoms with van der Waals surface area (Å²) < 4.78 is 41.3. The van der Waals surface area contributed by atoms with Crippen molar-refractivity contribution in [2.24, 2.45) is 0 Å². The van der Waals surface area contributed by atoms with Gasteiger partial charge < -0.3 is 15.5 Å². The number of benzene rings is 1. The number of carboxylic acids is 2. The molecule has 0 saturated heterocycles. The van der Waals surface area contributed by atoms with E-state index in [4.69, 9.17) is 10.2 Å². The topological polar surface area (TPSA) is 151 Å². The number of hydrogen-bond acceptors (Lipinski definition) is 7. The zero-order chi connectivity index (χ0) is 24.6. The zero-order valence-electron chi connectivity index (χ0n) is 17.6. The first kappa shape index (κ1) is 25.4.